The quantitative estimate of drug-likeness (QED) is 0.664. The van der Waals surface area contributed by atoms with Crippen molar-refractivity contribution < 1.29 is 4.79 Å². The van der Waals surface area contributed by atoms with E-state index in [0.29, 0.717) is 5.92 Å². The van der Waals surface area contributed by atoms with E-state index < -0.39 is 0 Å². The van der Waals surface area contributed by atoms with Crippen LogP contribution in [-0.2, 0) is 12.8 Å². The molecule has 0 saturated carbocycles. The summed E-state index contributed by atoms with van der Waals surface area (Å²) < 4.78 is 2.08. The Morgan fingerprint density at radius 1 is 1.21 bits per heavy atom. The Morgan fingerprint density at radius 3 is 2.89 bits per heavy atom. The zero-order valence-corrected chi connectivity index (χ0v) is 17.1. The van der Waals surface area contributed by atoms with Gasteiger partial charge in [-0.05, 0) is 61.8 Å². The van der Waals surface area contributed by atoms with Crippen molar-refractivity contribution >= 4 is 22.9 Å². The van der Waals surface area contributed by atoms with Crippen LogP contribution in [0.1, 0.15) is 64.5 Å². The SMILES string of the molecule is CCC1CCc2sc(C(=O)N3CCC(c4nnc5ccccn45)CC3)cc2C1. The van der Waals surface area contributed by atoms with Gasteiger partial charge in [0, 0.05) is 30.1 Å². The first-order valence-corrected chi connectivity index (χ1v) is 11.2. The number of aryl methyl sites for hydroxylation is 1. The smallest absolute Gasteiger partial charge is 0.263 e. The summed E-state index contributed by atoms with van der Waals surface area (Å²) in [5.74, 6) is 2.40. The average Bonchev–Trinajstić information content (AvgIpc) is 3.37. The molecule has 1 saturated heterocycles. The highest BCUT2D eigenvalue weighted by molar-refractivity contribution is 7.14. The van der Waals surface area contributed by atoms with Gasteiger partial charge in [0.1, 0.15) is 5.82 Å². The van der Waals surface area contributed by atoms with Crippen molar-refractivity contribution in [1.82, 2.24) is 19.5 Å². The maximum absolute atomic E-state index is 13.1. The number of amides is 1. The second kappa shape index (κ2) is 7.32. The molecular formula is C22H26N4OS. The van der Waals surface area contributed by atoms with E-state index in [1.165, 1.54) is 23.3 Å². The Morgan fingerprint density at radius 2 is 2.07 bits per heavy atom. The number of hydrogen-bond donors (Lipinski definition) is 0. The summed E-state index contributed by atoms with van der Waals surface area (Å²) in [7, 11) is 0. The fourth-order valence-electron chi connectivity index (χ4n) is 4.69. The van der Waals surface area contributed by atoms with Crippen molar-refractivity contribution in [3.05, 3.63) is 51.6 Å². The van der Waals surface area contributed by atoms with E-state index >= 15 is 0 Å². The number of likely N-dealkylation sites (tertiary alicyclic amines) is 1. The number of carbonyl (C=O) groups excluding carboxylic acids is 1. The lowest BCUT2D eigenvalue weighted by Gasteiger charge is -2.31. The Bertz CT molecular complexity index is 999. The van der Waals surface area contributed by atoms with E-state index in [-0.39, 0.29) is 5.91 Å². The van der Waals surface area contributed by atoms with Crippen LogP contribution in [0.2, 0.25) is 0 Å². The number of rotatable bonds is 3. The molecule has 1 aliphatic heterocycles. The molecule has 28 heavy (non-hydrogen) atoms. The molecule has 1 aliphatic carbocycles. The lowest BCUT2D eigenvalue weighted by molar-refractivity contribution is 0.0715. The lowest BCUT2D eigenvalue weighted by atomic mass is 9.87. The highest BCUT2D eigenvalue weighted by Gasteiger charge is 2.29. The molecule has 4 heterocycles. The van der Waals surface area contributed by atoms with Crippen LogP contribution in [0, 0.1) is 5.92 Å². The second-order valence-corrected chi connectivity index (χ2v) is 9.27. The van der Waals surface area contributed by atoms with Gasteiger partial charge in [-0.1, -0.05) is 19.4 Å². The summed E-state index contributed by atoms with van der Waals surface area (Å²) in [5, 5.41) is 8.70. The average molecular weight is 395 g/mol. The molecule has 3 aromatic heterocycles. The molecule has 0 bridgehead atoms. The molecule has 1 atom stereocenters. The van der Waals surface area contributed by atoms with E-state index in [9.17, 15) is 4.79 Å². The van der Waals surface area contributed by atoms with Gasteiger partial charge in [-0.3, -0.25) is 9.20 Å². The molecule has 0 N–H and O–H groups in total. The van der Waals surface area contributed by atoms with Crippen molar-refractivity contribution in [2.45, 2.75) is 51.4 Å². The first-order chi connectivity index (χ1) is 13.7. The number of pyridine rings is 1. The molecule has 1 fully saturated rings. The summed E-state index contributed by atoms with van der Waals surface area (Å²) in [4.78, 5) is 17.5. The number of carbonyl (C=O) groups is 1. The summed E-state index contributed by atoms with van der Waals surface area (Å²) in [6, 6.07) is 8.16. The zero-order valence-electron chi connectivity index (χ0n) is 16.3. The topological polar surface area (TPSA) is 50.5 Å². The standard InChI is InChI=1S/C22H26N4OS/c1-2-15-6-7-18-17(13-15)14-19(28-18)22(27)25-11-8-16(9-12-25)21-24-23-20-5-3-4-10-26(20)21/h3-5,10,14-16H,2,6-9,11-13H2,1H3. The van der Waals surface area contributed by atoms with Crippen molar-refractivity contribution in [3.8, 4) is 0 Å². The van der Waals surface area contributed by atoms with Gasteiger partial charge in [0.25, 0.3) is 5.91 Å². The van der Waals surface area contributed by atoms with Gasteiger partial charge in [-0.25, -0.2) is 0 Å². The minimum absolute atomic E-state index is 0.219. The zero-order chi connectivity index (χ0) is 19.1. The van der Waals surface area contributed by atoms with Crippen LogP contribution in [0.25, 0.3) is 5.65 Å². The lowest BCUT2D eigenvalue weighted by Crippen LogP contribution is -2.37. The van der Waals surface area contributed by atoms with Crippen LogP contribution in [-0.4, -0.2) is 38.5 Å². The number of fused-ring (bicyclic) bond motifs is 2. The monoisotopic (exact) mass is 394 g/mol. The van der Waals surface area contributed by atoms with Gasteiger partial charge in [-0.15, -0.1) is 21.5 Å². The Kier molecular flexibility index (Phi) is 4.67. The molecule has 5 nitrogen and oxygen atoms in total. The summed E-state index contributed by atoms with van der Waals surface area (Å²) >= 11 is 1.73. The Labute approximate surface area is 169 Å². The predicted octanol–water partition coefficient (Wildman–Crippen LogP) is 4.33. The fraction of sp³-hybridized carbons (Fsp3) is 0.500. The molecule has 6 heteroatoms. The third-order valence-corrected chi connectivity index (χ3v) is 7.69. The van der Waals surface area contributed by atoms with E-state index in [0.717, 1.165) is 61.0 Å². The maximum Gasteiger partial charge on any atom is 0.263 e. The number of thiophene rings is 1. The minimum Gasteiger partial charge on any atom is -0.338 e. The maximum atomic E-state index is 13.1. The molecule has 2 aliphatic rings. The van der Waals surface area contributed by atoms with Crippen LogP contribution in [0.4, 0.5) is 0 Å². The molecule has 0 aromatic carbocycles. The van der Waals surface area contributed by atoms with Gasteiger partial charge < -0.3 is 4.90 Å². The first-order valence-electron chi connectivity index (χ1n) is 10.4. The number of nitrogens with zero attached hydrogens (tertiary/aromatic N) is 4. The number of piperidine rings is 1. The molecule has 0 radical (unpaired) electrons. The van der Waals surface area contributed by atoms with Crippen molar-refractivity contribution in [2.24, 2.45) is 5.92 Å². The van der Waals surface area contributed by atoms with Gasteiger partial charge in [-0.2, -0.15) is 0 Å². The molecule has 146 valence electrons. The molecule has 1 unspecified atom stereocenters. The highest BCUT2D eigenvalue weighted by Crippen LogP contribution is 2.35. The summed E-state index contributed by atoms with van der Waals surface area (Å²) in [5.41, 5.74) is 2.32. The first kappa shape index (κ1) is 17.9. The largest absolute Gasteiger partial charge is 0.338 e. The Balaban J connectivity index is 1.27. The predicted molar refractivity (Wildman–Crippen MR) is 111 cm³/mol. The van der Waals surface area contributed by atoms with Crippen LogP contribution >= 0.6 is 11.3 Å². The van der Waals surface area contributed by atoms with Crippen molar-refractivity contribution in [1.29, 1.82) is 0 Å². The van der Waals surface area contributed by atoms with Crippen LogP contribution in [0.15, 0.2) is 30.5 Å². The van der Waals surface area contributed by atoms with E-state index in [1.807, 2.05) is 29.3 Å². The summed E-state index contributed by atoms with van der Waals surface area (Å²) in [6.45, 7) is 3.87. The normalized spacial score (nSPS) is 20.5. The minimum atomic E-state index is 0.219. The Hall–Kier alpha value is -2.21. The molecule has 0 spiro atoms. The second-order valence-electron chi connectivity index (χ2n) is 8.13. The van der Waals surface area contributed by atoms with E-state index in [1.54, 1.807) is 11.3 Å². The van der Waals surface area contributed by atoms with E-state index in [4.69, 9.17) is 0 Å². The van der Waals surface area contributed by atoms with Crippen LogP contribution < -0.4 is 0 Å². The number of hydrogen-bond acceptors (Lipinski definition) is 4. The van der Waals surface area contributed by atoms with E-state index in [2.05, 4.69) is 27.6 Å². The highest BCUT2D eigenvalue weighted by atomic mass is 32.1. The van der Waals surface area contributed by atoms with Crippen molar-refractivity contribution in [2.75, 3.05) is 13.1 Å². The van der Waals surface area contributed by atoms with Gasteiger partial charge in [0.2, 0.25) is 0 Å². The fourth-order valence-corrected chi connectivity index (χ4v) is 5.86. The van der Waals surface area contributed by atoms with Crippen LogP contribution in [0.5, 0.6) is 0 Å². The van der Waals surface area contributed by atoms with Gasteiger partial charge >= 0.3 is 0 Å². The van der Waals surface area contributed by atoms with Gasteiger partial charge in [0.05, 0.1) is 4.88 Å². The molecule has 3 aromatic rings. The van der Waals surface area contributed by atoms with Crippen molar-refractivity contribution in [3.63, 3.8) is 0 Å². The molecule has 5 rings (SSSR count). The third-order valence-electron chi connectivity index (χ3n) is 6.46. The third kappa shape index (κ3) is 3.13. The van der Waals surface area contributed by atoms with Gasteiger partial charge in [0.15, 0.2) is 5.65 Å². The number of aromatic nitrogens is 3. The molecular weight excluding hydrogens is 368 g/mol. The molecule has 1 amide bonds. The van der Waals surface area contributed by atoms with Crippen LogP contribution in [0.3, 0.4) is 0 Å². The summed E-state index contributed by atoms with van der Waals surface area (Å²) in [6.07, 6.45) is 8.74.